The quantitative estimate of drug-likeness (QED) is 0.283. The van der Waals surface area contributed by atoms with Crippen LogP contribution < -0.4 is 11.5 Å². The number of rotatable bonds is 4. The highest BCUT2D eigenvalue weighted by atomic mass is 19.3. The zero-order chi connectivity index (χ0) is 30.3. The first-order valence-electron chi connectivity index (χ1n) is 13.7. The van der Waals surface area contributed by atoms with Gasteiger partial charge in [0.25, 0.3) is 6.43 Å². The predicted molar refractivity (Wildman–Crippen MR) is 160 cm³/mol. The van der Waals surface area contributed by atoms with Crippen LogP contribution in [0.1, 0.15) is 52.1 Å². The maximum absolute atomic E-state index is 11.9. The van der Waals surface area contributed by atoms with Gasteiger partial charge in [0.05, 0.1) is 11.1 Å². The van der Waals surface area contributed by atoms with Crippen molar-refractivity contribution in [2.24, 2.45) is 5.73 Å². The molecule has 0 bridgehead atoms. The first-order valence-corrected chi connectivity index (χ1v) is 13.7. The van der Waals surface area contributed by atoms with Crippen molar-refractivity contribution >= 4 is 22.9 Å². The smallest absolute Gasteiger partial charge is 0.280 e. The summed E-state index contributed by atoms with van der Waals surface area (Å²) in [6.45, 7) is 2.00. The maximum Gasteiger partial charge on any atom is 0.280 e. The molecule has 1 aromatic carbocycles. The number of benzene rings is 1. The number of ether oxygens (including phenoxy) is 1. The number of hydrogen-bond acceptors (Lipinski definition) is 7. The molecule has 0 spiro atoms. The van der Waals surface area contributed by atoms with Crippen LogP contribution in [0.2, 0.25) is 0 Å². The van der Waals surface area contributed by atoms with Crippen molar-refractivity contribution in [2.75, 3.05) is 18.9 Å². The molecule has 0 saturated carbocycles. The number of nitrogens with zero attached hydrogens (tertiary/aromatic N) is 5. The van der Waals surface area contributed by atoms with Gasteiger partial charge >= 0.3 is 0 Å². The summed E-state index contributed by atoms with van der Waals surface area (Å²) in [5, 5.41) is 0. The highest BCUT2D eigenvalue weighted by Gasteiger charge is 2.20. The number of imidazole rings is 1. The number of alkyl halides is 2. The third-order valence-corrected chi connectivity index (χ3v) is 6.94. The molecule has 43 heavy (non-hydrogen) atoms. The van der Waals surface area contributed by atoms with Crippen molar-refractivity contribution in [3.05, 3.63) is 95.1 Å². The van der Waals surface area contributed by atoms with E-state index in [-0.39, 0.29) is 11.3 Å². The topological polar surface area (TPSA) is 135 Å². The average molecular weight is 582 g/mol. The summed E-state index contributed by atoms with van der Waals surface area (Å²) in [5.74, 6) is 3.09. The Kier molecular flexibility index (Phi) is 8.98. The van der Waals surface area contributed by atoms with Gasteiger partial charge in [-0.2, -0.15) is 0 Å². The molecule has 218 valence electrons. The molecular formula is C32H29F2N7O2. The largest absolute Gasteiger partial charge is 0.383 e. The lowest BCUT2D eigenvalue weighted by atomic mass is 10.1. The summed E-state index contributed by atoms with van der Waals surface area (Å²) >= 11 is 0. The second kappa shape index (κ2) is 13.2. The third kappa shape index (κ3) is 6.66. The molecule has 0 radical (unpaired) electrons. The van der Waals surface area contributed by atoms with Gasteiger partial charge in [-0.3, -0.25) is 14.3 Å². The maximum atomic E-state index is 11.9. The summed E-state index contributed by atoms with van der Waals surface area (Å²) in [4.78, 5) is 27.5. The van der Waals surface area contributed by atoms with Gasteiger partial charge in [0.1, 0.15) is 22.7 Å². The van der Waals surface area contributed by atoms with Gasteiger partial charge in [-0.25, -0.2) is 23.7 Å². The molecule has 1 fully saturated rings. The van der Waals surface area contributed by atoms with Crippen LogP contribution in [0.5, 0.6) is 0 Å². The first kappa shape index (κ1) is 29.3. The lowest BCUT2D eigenvalue weighted by Crippen LogP contribution is -2.11. The van der Waals surface area contributed by atoms with Crippen LogP contribution in [0.15, 0.2) is 67.0 Å². The molecule has 1 aliphatic heterocycles. The van der Waals surface area contributed by atoms with Gasteiger partial charge in [0.2, 0.25) is 5.91 Å². The van der Waals surface area contributed by atoms with E-state index in [2.05, 4.69) is 39.1 Å². The molecular weight excluding hydrogens is 552 g/mol. The number of carbonyl (C=O) groups excluding carboxylic acids is 1. The van der Waals surface area contributed by atoms with Gasteiger partial charge in [-0.15, -0.1) is 6.42 Å². The second-order valence-corrected chi connectivity index (χ2v) is 9.80. The van der Waals surface area contributed by atoms with E-state index in [1.807, 2.05) is 22.8 Å². The van der Waals surface area contributed by atoms with Crippen LogP contribution in [0, 0.1) is 12.3 Å². The number of pyridine rings is 3. The Morgan fingerprint density at radius 2 is 1.77 bits per heavy atom. The summed E-state index contributed by atoms with van der Waals surface area (Å²) in [7, 11) is 0. The van der Waals surface area contributed by atoms with Crippen molar-refractivity contribution in [3.63, 3.8) is 0 Å². The van der Waals surface area contributed by atoms with Crippen molar-refractivity contribution in [1.82, 2.24) is 24.5 Å². The lowest BCUT2D eigenvalue weighted by molar-refractivity contribution is 0.0367. The SMILES string of the molecule is C#Cc1ccc2nc(-c3cccnc3N)n(-c3ccc4c(c3)CCC4)c2n1.C1COC1.NC(=O)c1ccc(C(F)F)nc1. The lowest BCUT2D eigenvalue weighted by Gasteiger charge is -2.12. The van der Waals surface area contributed by atoms with E-state index in [9.17, 15) is 13.6 Å². The minimum Gasteiger partial charge on any atom is -0.383 e. The number of halogens is 2. The fourth-order valence-electron chi connectivity index (χ4n) is 4.59. The molecule has 4 N–H and O–H groups in total. The average Bonchev–Trinajstić information content (AvgIpc) is 3.60. The van der Waals surface area contributed by atoms with Crippen LogP contribution in [0.25, 0.3) is 28.2 Å². The molecule has 0 unspecified atom stereocenters. The van der Waals surface area contributed by atoms with E-state index < -0.39 is 12.3 Å². The van der Waals surface area contributed by atoms with Gasteiger partial charge in [0.15, 0.2) is 11.5 Å². The van der Waals surface area contributed by atoms with Crippen LogP contribution in [-0.2, 0) is 17.6 Å². The van der Waals surface area contributed by atoms with Crippen LogP contribution in [-0.4, -0.2) is 43.6 Å². The number of carbonyl (C=O) groups is 1. The molecule has 1 saturated heterocycles. The number of amides is 1. The van der Waals surface area contributed by atoms with Crippen LogP contribution in [0.3, 0.4) is 0 Å². The van der Waals surface area contributed by atoms with E-state index in [0.29, 0.717) is 11.5 Å². The number of hydrogen-bond donors (Lipinski definition) is 2. The van der Waals surface area contributed by atoms with Crippen molar-refractivity contribution in [2.45, 2.75) is 32.1 Å². The van der Waals surface area contributed by atoms with E-state index in [0.717, 1.165) is 66.6 Å². The zero-order valence-corrected chi connectivity index (χ0v) is 23.2. The van der Waals surface area contributed by atoms with Crippen molar-refractivity contribution in [1.29, 1.82) is 0 Å². The number of fused-ring (bicyclic) bond motifs is 2. The Hall–Kier alpha value is -5.21. The Bertz CT molecular complexity index is 1790. The zero-order valence-electron chi connectivity index (χ0n) is 23.2. The molecule has 0 atom stereocenters. The molecule has 5 heterocycles. The summed E-state index contributed by atoms with van der Waals surface area (Å²) in [5.41, 5.74) is 17.5. The molecule has 11 heteroatoms. The number of nitrogen functional groups attached to an aromatic ring is 1. The Morgan fingerprint density at radius 1 is 1.00 bits per heavy atom. The van der Waals surface area contributed by atoms with Gasteiger partial charge in [-0.05, 0) is 85.3 Å². The van der Waals surface area contributed by atoms with Gasteiger partial charge in [-0.1, -0.05) is 12.0 Å². The summed E-state index contributed by atoms with van der Waals surface area (Å²) in [6, 6.07) is 16.3. The number of anilines is 1. The predicted octanol–water partition coefficient (Wildman–Crippen LogP) is 5.06. The number of aromatic nitrogens is 5. The Balaban J connectivity index is 0.000000190. The van der Waals surface area contributed by atoms with Crippen LogP contribution in [0.4, 0.5) is 14.6 Å². The van der Waals surface area contributed by atoms with E-state index in [1.165, 1.54) is 30.0 Å². The van der Waals surface area contributed by atoms with Gasteiger partial charge < -0.3 is 16.2 Å². The molecule has 2 aliphatic rings. The molecule has 1 aliphatic carbocycles. The Morgan fingerprint density at radius 3 is 2.40 bits per heavy atom. The van der Waals surface area contributed by atoms with E-state index in [4.69, 9.17) is 27.6 Å². The highest BCUT2D eigenvalue weighted by Crippen LogP contribution is 2.32. The van der Waals surface area contributed by atoms with E-state index >= 15 is 0 Å². The monoisotopic (exact) mass is 581 g/mol. The fourth-order valence-corrected chi connectivity index (χ4v) is 4.59. The van der Waals surface area contributed by atoms with Crippen LogP contribution >= 0.6 is 0 Å². The van der Waals surface area contributed by atoms with Gasteiger partial charge in [0, 0.05) is 31.3 Å². The summed E-state index contributed by atoms with van der Waals surface area (Å²) < 4.78 is 30.6. The molecule has 5 aromatic rings. The minimum absolute atomic E-state index is 0.124. The van der Waals surface area contributed by atoms with Crippen molar-refractivity contribution < 1.29 is 18.3 Å². The van der Waals surface area contributed by atoms with Crippen molar-refractivity contribution in [3.8, 4) is 29.4 Å². The summed E-state index contributed by atoms with van der Waals surface area (Å²) in [6.07, 6.45) is 10.4. The first-order chi connectivity index (χ1) is 20.9. The normalized spacial score (nSPS) is 13.2. The fraction of sp³-hybridized carbons (Fsp3) is 0.219. The minimum atomic E-state index is -2.62. The Labute approximate surface area is 247 Å². The molecule has 9 nitrogen and oxygen atoms in total. The molecule has 7 rings (SSSR count). The third-order valence-electron chi connectivity index (χ3n) is 6.94. The standard InChI is InChI=1S/C22H17N5.C7H6F2N2O.C3H6O/c1-2-16-9-11-19-22(25-16)27(17-10-8-14-5-3-6-15(14)13-17)21(26-19)18-7-4-12-24-20(18)23;8-6(9)5-2-1-4(3-11-5)7(10)12;1-2-4-3-1/h1,4,7-13H,3,5-6H2,(H2,23,24);1-3,6H,(H2,10,12);1-3H2. The highest BCUT2D eigenvalue weighted by molar-refractivity contribution is 5.92. The molecule has 4 aromatic heterocycles. The molecule has 1 amide bonds. The number of aryl methyl sites for hydroxylation is 2. The second-order valence-electron chi connectivity index (χ2n) is 9.80. The van der Waals surface area contributed by atoms with E-state index in [1.54, 1.807) is 12.3 Å². The number of primary amides is 1. The number of nitrogens with two attached hydrogens (primary N) is 2. The number of terminal acetylenes is 1.